The summed E-state index contributed by atoms with van der Waals surface area (Å²) in [5.74, 6) is 1.64. The molecular formula is C12H16S2. The van der Waals surface area contributed by atoms with Crippen LogP contribution in [0.2, 0.25) is 0 Å². The fourth-order valence-electron chi connectivity index (χ4n) is 1.22. The Balaban J connectivity index is 2.78. The molecule has 1 rings (SSSR count). The predicted octanol–water partition coefficient (Wildman–Crippen LogP) is 4.24. The Morgan fingerprint density at radius 3 is 2.29 bits per heavy atom. The second-order valence-electron chi connectivity index (χ2n) is 3.50. The summed E-state index contributed by atoms with van der Waals surface area (Å²) in [5.41, 5.74) is 2.55. The lowest BCUT2D eigenvalue weighted by molar-refractivity contribution is 0.867. The fraction of sp³-hybridized carbons (Fsp3) is 0.417. The van der Waals surface area contributed by atoms with Crippen LogP contribution in [0.5, 0.6) is 0 Å². The lowest BCUT2D eigenvalue weighted by Gasteiger charge is -2.06. The van der Waals surface area contributed by atoms with Crippen LogP contribution < -0.4 is 0 Å². The van der Waals surface area contributed by atoms with Gasteiger partial charge >= 0.3 is 0 Å². The molecule has 0 aliphatic heterocycles. The maximum absolute atomic E-state index is 5.29. The van der Waals surface area contributed by atoms with Gasteiger partial charge in [0.15, 0.2) is 0 Å². The molecular weight excluding hydrogens is 208 g/mol. The predicted molar refractivity (Wildman–Crippen MR) is 70.4 cm³/mol. The Morgan fingerprint density at radius 2 is 1.86 bits per heavy atom. The molecule has 76 valence electrons. The van der Waals surface area contributed by atoms with Crippen molar-refractivity contribution in [1.29, 1.82) is 0 Å². The number of rotatable bonds is 3. The maximum Gasteiger partial charge on any atom is 0.0778 e. The lowest BCUT2D eigenvalue weighted by Crippen LogP contribution is -1.93. The van der Waals surface area contributed by atoms with Gasteiger partial charge in [-0.25, -0.2) is 0 Å². The van der Waals surface area contributed by atoms with E-state index in [0.29, 0.717) is 5.92 Å². The third-order valence-electron chi connectivity index (χ3n) is 2.09. The summed E-state index contributed by atoms with van der Waals surface area (Å²) in [6.45, 7) is 6.53. The highest BCUT2D eigenvalue weighted by Crippen LogP contribution is 2.18. The molecule has 0 amide bonds. The Morgan fingerprint density at radius 1 is 1.29 bits per heavy atom. The molecule has 14 heavy (non-hydrogen) atoms. The Hall–Kier alpha value is -0.340. The van der Waals surface area contributed by atoms with Crippen LogP contribution >= 0.6 is 24.0 Å². The molecule has 0 saturated heterocycles. The summed E-state index contributed by atoms with van der Waals surface area (Å²) in [7, 11) is 0. The average molecular weight is 224 g/mol. The molecule has 0 aliphatic rings. The zero-order chi connectivity index (χ0) is 10.6. The molecule has 0 radical (unpaired) electrons. The molecule has 0 N–H and O–H groups in total. The van der Waals surface area contributed by atoms with E-state index in [1.54, 1.807) is 11.8 Å². The first-order valence-corrected chi connectivity index (χ1v) is 6.31. The van der Waals surface area contributed by atoms with Crippen molar-refractivity contribution < 1.29 is 0 Å². The Bertz CT molecular complexity index is 299. The molecule has 1 aromatic carbocycles. The van der Waals surface area contributed by atoms with Gasteiger partial charge in [-0.2, -0.15) is 0 Å². The van der Waals surface area contributed by atoms with E-state index in [9.17, 15) is 0 Å². The van der Waals surface area contributed by atoms with Gasteiger partial charge in [-0.3, -0.25) is 0 Å². The van der Waals surface area contributed by atoms with Gasteiger partial charge in [0.1, 0.15) is 0 Å². The zero-order valence-electron chi connectivity index (χ0n) is 8.91. The van der Waals surface area contributed by atoms with Gasteiger partial charge in [0.25, 0.3) is 0 Å². The summed E-state index contributed by atoms with van der Waals surface area (Å²) in [6.07, 6.45) is 0. The largest absolute Gasteiger partial charge is 0.114 e. The highest BCUT2D eigenvalue weighted by atomic mass is 32.2. The average Bonchev–Trinajstić information content (AvgIpc) is 2.18. The summed E-state index contributed by atoms with van der Waals surface area (Å²) in [5, 5.41) is 0. The third-order valence-corrected chi connectivity index (χ3v) is 3.46. The second-order valence-corrected chi connectivity index (χ2v) is 5.44. The Kier molecular flexibility index (Phi) is 4.63. The van der Waals surface area contributed by atoms with Crippen molar-refractivity contribution in [3.05, 3.63) is 35.4 Å². The minimum absolute atomic E-state index is 0.594. The number of hydrogen-bond donors (Lipinski definition) is 0. The first-order chi connectivity index (χ1) is 6.65. The molecule has 0 spiro atoms. The van der Waals surface area contributed by atoms with Gasteiger partial charge in [-0.05, 0) is 22.8 Å². The number of benzene rings is 1. The highest BCUT2D eigenvalue weighted by molar-refractivity contribution is 8.23. The molecule has 2 heteroatoms. The van der Waals surface area contributed by atoms with Crippen molar-refractivity contribution in [1.82, 2.24) is 0 Å². The molecule has 0 aromatic heterocycles. The molecule has 0 unspecified atom stereocenters. The lowest BCUT2D eigenvalue weighted by atomic mass is 10.0. The van der Waals surface area contributed by atoms with E-state index in [4.69, 9.17) is 12.2 Å². The van der Waals surface area contributed by atoms with Crippen LogP contribution in [-0.4, -0.2) is 9.95 Å². The van der Waals surface area contributed by atoms with E-state index < -0.39 is 0 Å². The van der Waals surface area contributed by atoms with Crippen molar-refractivity contribution in [2.45, 2.75) is 26.7 Å². The molecule has 0 nitrogen and oxygen atoms in total. The van der Waals surface area contributed by atoms with Crippen LogP contribution in [0, 0.1) is 0 Å². The van der Waals surface area contributed by atoms with Crippen LogP contribution in [0.15, 0.2) is 24.3 Å². The van der Waals surface area contributed by atoms with Gasteiger partial charge in [0.2, 0.25) is 0 Å². The molecule has 0 aliphatic carbocycles. The van der Waals surface area contributed by atoms with Crippen LogP contribution in [-0.2, 0) is 0 Å². The molecule has 0 bridgehead atoms. The van der Waals surface area contributed by atoms with Gasteiger partial charge in [-0.15, -0.1) is 11.8 Å². The minimum atomic E-state index is 0.594. The van der Waals surface area contributed by atoms with Crippen LogP contribution in [0.4, 0.5) is 0 Å². The minimum Gasteiger partial charge on any atom is -0.114 e. The van der Waals surface area contributed by atoms with Gasteiger partial charge in [0, 0.05) is 0 Å². The monoisotopic (exact) mass is 224 g/mol. The Labute approximate surface area is 96.1 Å². The van der Waals surface area contributed by atoms with Crippen molar-refractivity contribution >= 4 is 28.2 Å². The van der Waals surface area contributed by atoms with E-state index in [0.717, 1.165) is 9.95 Å². The fourth-order valence-corrected chi connectivity index (χ4v) is 2.27. The van der Waals surface area contributed by atoms with Gasteiger partial charge < -0.3 is 0 Å². The second kappa shape index (κ2) is 5.52. The van der Waals surface area contributed by atoms with Crippen LogP contribution in [0.1, 0.15) is 37.8 Å². The first kappa shape index (κ1) is 11.7. The van der Waals surface area contributed by atoms with Crippen molar-refractivity contribution in [2.24, 2.45) is 0 Å². The zero-order valence-corrected chi connectivity index (χ0v) is 10.5. The van der Waals surface area contributed by atoms with Crippen molar-refractivity contribution in [2.75, 3.05) is 5.75 Å². The summed E-state index contributed by atoms with van der Waals surface area (Å²) < 4.78 is 1.00. The molecule has 0 atom stereocenters. The van der Waals surface area contributed by atoms with E-state index >= 15 is 0 Å². The number of hydrogen-bond acceptors (Lipinski definition) is 2. The number of thiocarbonyl (C=S) groups is 1. The summed E-state index contributed by atoms with van der Waals surface area (Å²) in [6, 6.07) is 8.59. The standard InChI is InChI=1S/C12H16S2/c1-4-14-12(13)11-7-5-10(6-8-11)9(2)3/h5-9H,4H2,1-3H3. The van der Waals surface area contributed by atoms with Crippen molar-refractivity contribution in [3.8, 4) is 0 Å². The highest BCUT2D eigenvalue weighted by Gasteiger charge is 2.02. The molecule has 0 saturated carbocycles. The molecule has 1 aromatic rings. The van der Waals surface area contributed by atoms with Gasteiger partial charge in [-0.1, -0.05) is 57.3 Å². The van der Waals surface area contributed by atoms with E-state index in [2.05, 4.69) is 45.0 Å². The van der Waals surface area contributed by atoms with Gasteiger partial charge in [0.05, 0.1) is 4.20 Å². The molecule has 0 heterocycles. The SMILES string of the molecule is CCSC(=S)c1ccc(C(C)C)cc1. The topological polar surface area (TPSA) is 0 Å². The van der Waals surface area contributed by atoms with Crippen molar-refractivity contribution in [3.63, 3.8) is 0 Å². The van der Waals surface area contributed by atoms with Crippen LogP contribution in [0.25, 0.3) is 0 Å². The van der Waals surface area contributed by atoms with E-state index in [1.165, 1.54) is 11.1 Å². The third kappa shape index (κ3) is 3.10. The quantitative estimate of drug-likeness (QED) is 0.704. The number of thioether (sulfide) groups is 1. The van der Waals surface area contributed by atoms with E-state index in [1.807, 2.05) is 0 Å². The summed E-state index contributed by atoms with van der Waals surface area (Å²) >= 11 is 7.02. The summed E-state index contributed by atoms with van der Waals surface area (Å²) in [4.78, 5) is 0. The molecule has 0 fully saturated rings. The maximum atomic E-state index is 5.29. The normalized spacial score (nSPS) is 10.6. The first-order valence-electron chi connectivity index (χ1n) is 4.92. The smallest absolute Gasteiger partial charge is 0.0778 e. The van der Waals surface area contributed by atoms with Crippen LogP contribution in [0.3, 0.4) is 0 Å². The van der Waals surface area contributed by atoms with E-state index in [-0.39, 0.29) is 0 Å².